The van der Waals surface area contributed by atoms with Crippen molar-refractivity contribution >= 4 is 16.6 Å². The minimum Gasteiger partial charge on any atom is -0.387 e. The number of hydrogen-bond donors (Lipinski definition) is 1. The van der Waals surface area contributed by atoms with E-state index in [1.165, 1.54) is 5.56 Å². The Hall–Kier alpha value is -2.49. The fourth-order valence-corrected chi connectivity index (χ4v) is 2.82. The van der Waals surface area contributed by atoms with Gasteiger partial charge in [-0.2, -0.15) is 0 Å². The highest BCUT2D eigenvalue weighted by Gasteiger charge is 2.25. The van der Waals surface area contributed by atoms with Crippen molar-refractivity contribution in [3.8, 4) is 11.3 Å². The number of nitrogens with one attached hydrogen (secondary N) is 1. The van der Waals surface area contributed by atoms with Crippen LogP contribution in [0.5, 0.6) is 0 Å². The molecule has 0 radical (unpaired) electrons. The Morgan fingerprint density at radius 2 is 1.64 bits per heavy atom. The van der Waals surface area contributed by atoms with Gasteiger partial charge in [0.25, 0.3) is 0 Å². The maximum atomic E-state index is 4.89. The summed E-state index contributed by atoms with van der Waals surface area (Å²) in [7, 11) is 1.96. The summed E-state index contributed by atoms with van der Waals surface area (Å²) in [6, 6.07) is 6.01. The van der Waals surface area contributed by atoms with Gasteiger partial charge in [-0.15, -0.1) is 0 Å². The van der Waals surface area contributed by atoms with Gasteiger partial charge in [0, 0.05) is 47.8 Å². The Labute approximate surface area is 130 Å². The summed E-state index contributed by atoms with van der Waals surface area (Å²) in [5, 5.41) is 4.47. The molecular formula is C18H20N4. The van der Waals surface area contributed by atoms with Gasteiger partial charge < -0.3 is 5.32 Å². The van der Waals surface area contributed by atoms with Crippen LogP contribution >= 0.6 is 0 Å². The Morgan fingerprint density at radius 3 is 2.27 bits per heavy atom. The molecule has 1 N–H and O–H groups in total. The standard InChI is InChI=1S/C18H20N4/c1-18(2,3)15-16(12-5-8-20-9-6-12)22-14-11-21-10-7-13(14)17(15)19-4/h5-11H,1-4H3,(H,19,22). The zero-order chi connectivity index (χ0) is 15.7. The van der Waals surface area contributed by atoms with Gasteiger partial charge >= 0.3 is 0 Å². The van der Waals surface area contributed by atoms with Gasteiger partial charge in [-0.05, 0) is 23.6 Å². The van der Waals surface area contributed by atoms with E-state index in [4.69, 9.17) is 4.98 Å². The molecule has 0 atom stereocenters. The molecule has 0 saturated carbocycles. The van der Waals surface area contributed by atoms with Crippen LogP contribution in [0.3, 0.4) is 0 Å². The van der Waals surface area contributed by atoms with E-state index in [0.29, 0.717) is 0 Å². The topological polar surface area (TPSA) is 50.7 Å². The lowest BCUT2D eigenvalue weighted by molar-refractivity contribution is 0.592. The van der Waals surface area contributed by atoms with Gasteiger partial charge in [-0.3, -0.25) is 9.97 Å². The number of nitrogens with zero attached hydrogens (tertiary/aromatic N) is 3. The van der Waals surface area contributed by atoms with Crippen LogP contribution in [0.1, 0.15) is 26.3 Å². The molecule has 0 aliphatic carbocycles. The third-order valence-corrected chi connectivity index (χ3v) is 3.74. The Bertz CT molecular complexity index is 804. The fraction of sp³-hybridized carbons (Fsp3) is 0.278. The summed E-state index contributed by atoms with van der Waals surface area (Å²) in [5.41, 5.74) is 5.24. The highest BCUT2D eigenvalue weighted by Crippen LogP contribution is 2.40. The van der Waals surface area contributed by atoms with E-state index < -0.39 is 0 Å². The van der Waals surface area contributed by atoms with E-state index in [0.717, 1.165) is 27.8 Å². The molecule has 0 aliphatic heterocycles. The summed E-state index contributed by atoms with van der Waals surface area (Å²) in [4.78, 5) is 13.2. The summed E-state index contributed by atoms with van der Waals surface area (Å²) < 4.78 is 0. The van der Waals surface area contributed by atoms with E-state index in [1.807, 2.05) is 37.6 Å². The first kappa shape index (κ1) is 14.4. The first-order chi connectivity index (χ1) is 10.5. The molecule has 3 rings (SSSR count). The van der Waals surface area contributed by atoms with Crippen molar-refractivity contribution in [3.63, 3.8) is 0 Å². The summed E-state index contributed by atoms with van der Waals surface area (Å²) >= 11 is 0. The van der Waals surface area contributed by atoms with Gasteiger partial charge in [-0.1, -0.05) is 20.8 Å². The van der Waals surface area contributed by atoms with Crippen LogP contribution in [0, 0.1) is 0 Å². The number of hydrogen-bond acceptors (Lipinski definition) is 4. The molecule has 0 unspecified atom stereocenters. The molecule has 0 aromatic carbocycles. The fourth-order valence-electron chi connectivity index (χ4n) is 2.82. The Morgan fingerprint density at radius 1 is 0.955 bits per heavy atom. The number of rotatable bonds is 2. The molecule has 3 aromatic rings. The summed E-state index contributed by atoms with van der Waals surface area (Å²) in [6.45, 7) is 6.63. The van der Waals surface area contributed by atoms with Crippen LogP contribution in [-0.4, -0.2) is 22.0 Å². The first-order valence-electron chi connectivity index (χ1n) is 7.38. The average molecular weight is 292 g/mol. The summed E-state index contributed by atoms with van der Waals surface area (Å²) in [5.74, 6) is 0. The molecule has 0 fully saturated rings. The van der Waals surface area contributed by atoms with Gasteiger partial charge in [0.1, 0.15) is 0 Å². The Balaban J connectivity index is 2.45. The number of aromatic nitrogens is 3. The molecule has 4 nitrogen and oxygen atoms in total. The maximum absolute atomic E-state index is 4.89. The molecule has 0 aliphatic rings. The number of anilines is 1. The van der Waals surface area contributed by atoms with E-state index in [-0.39, 0.29) is 5.41 Å². The van der Waals surface area contributed by atoms with Crippen LogP contribution in [0.25, 0.3) is 22.2 Å². The van der Waals surface area contributed by atoms with Gasteiger partial charge in [0.2, 0.25) is 0 Å². The molecule has 0 saturated heterocycles. The second-order valence-electron chi connectivity index (χ2n) is 6.34. The number of fused-ring (bicyclic) bond motifs is 1. The highest BCUT2D eigenvalue weighted by molar-refractivity contribution is 5.96. The van der Waals surface area contributed by atoms with Crippen LogP contribution in [0.4, 0.5) is 5.69 Å². The normalized spacial score (nSPS) is 11.6. The minimum atomic E-state index is -0.0403. The van der Waals surface area contributed by atoms with Gasteiger partial charge in [0.15, 0.2) is 0 Å². The van der Waals surface area contributed by atoms with Gasteiger partial charge in [0.05, 0.1) is 17.4 Å². The zero-order valence-corrected chi connectivity index (χ0v) is 13.4. The van der Waals surface area contributed by atoms with Crippen LogP contribution in [-0.2, 0) is 5.41 Å². The lowest BCUT2D eigenvalue weighted by Gasteiger charge is -2.27. The van der Waals surface area contributed by atoms with Crippen molar-refractivity contribution < 1.29 is 0 Å². The molecule has 0 amide bonds. The van der Waals surface area contributed by atoms with Crippen LogP contribution in [0.2, 0.25) is 0 Å². The molecule has 22 heavy (non-hydrogen) atoms. The third-order valence-electron chi connectivity index (χ3n) is 3.74. The zero-order valence-electron chi connectivity index (χ0n) is 13.4. The third kappa shape index (κ3) is 2.41. The quantitative estimate of drug-likeness (QED) is 0.774. The van der Waals surface area contributed by atoms with E-state index in [2.05, 4.69) is 36.1 Å². The second-order valence-corrected chi connectivity index (χ2v) is 6.34. The Kier molecular flexibility index (Phi) is 3.53. The predicted octanol–water partition coefficient (Wildman–Crippen LogP) is 4.03. The van der Waals surface area contributed by atoms with Crippen molar-refractivity contribution in [1.82, 2.24) is 15.0 Å². The number of pyridine rings is 3. The smallest absolute Gasteiger partial charge is 0.0913 e. The molecule has 4 heteroatoms. The molecule has 0 bridgehead atoms. The van der Waals surface area contributed by atoms with E-state index in [1.54, 1.807) is 12.4 Å². The SMILES string of the molecule is CNc1c(C(C)(C)C)c(-c2ccncc2)nc2cnccc12. The second kappa shape index (κ2) is 5.37. The van der Waals surface area contributed by atoms with Crippen molar-refractivity contribution in [1.29, 1.82) is 0 Å². The summed E-state index contributed by atoms with van der Waals surface area (Å²) in [6.07, 6.45) is 7.22. The van der Waals surface area contributed by atoms with Crippen LogP contribution in [0.15, 0.2) is 43.0 Å². The van der Waals surface area contributed by atoms with Gasteiger partial charge in [-0.25, -0.2) is 4.98 Å². The van der Waals surface area contributed by atoms with E-state index >= 15 is 0 Å². The molecule has 0 spiro atoms. The molecule has 3 heterocycles. The van der Waals surface area contributed by atoms with Crippen molar-refractivity contribution in [3.05, 3.63) is 48.5 Å². The predicted molar refractivity (Wildman–Crippen MR) is 91.0 cm³/mol. The van der Waals surface area contributed by atoms with Crippen molar-refractivity contribution in [2.75, 3.05) is 12.4 Å². The first-order valence-corrected chi connectivity index (χ1v) is 7.38. The molecule has 3 aromatic heterocycles. The minimum absolute atomic E-state index is 0.0403. The van der Waals surface area contributed by atoms with Crippen LogP contribution < -0.4 is 5.32 Å². The molecule has 112 valence electrons. The monoisotopic (exact) mass is 292 g/mol. The molecular weight excluding hydrogens is 272 g/mol. The largest absolute Gasteiger partial charge is 0.387 e. The highest BCUT2D eigenvalue weighted by atomic mass is 14.9. The van der Waals surface area contributed by atoms with Crippen molar-refractivity contribution in [2.24, 2.45) is 0 Å². The van der Waals surface area contributed by atoms with E-state index in [9.17, 15) is 0 Å². The lowest BCUT2D eigenvalue weighted by atomic mass is 9.82. The van der Waals surface area contributed by atoms with Crippen molar-refractivity contribution in [2.45, 2.75) is 26.2 Å². The lowest BCUT2D eigenvalue weighted by Crippen LogP contribution is -2.17. The average Bonchev–Trinajstić information content (AvgIpc) is 2.53. The maximum Gasteiger partial charge on any atom is 0.0913 e.